The van der Waals surface area contributed by atoms with Crippen molar-refractivity contribution in [3.05, 3.63) is 66.5 Å². The van der Waals surface area contributed by atoms with Gasteiger partial charge in [-0.2, -0.15) is 0 Å². The number of hydrogen-bond acceptors (Lipinski definition) is 7. The van der Waals surface area contributed by atoms with Gasteiger partial charge in [0.25, 0.3) is 0 Å². The minimum atomic E-state index is -1.12. The van der Waals surface area contributed by atoms with Crippen LogP contribution in [0.2, 0.25) is 0 Å². The van der Waals surface area contributed by atoms with Crippen molar-refractivity contribution >= 4 is 28.5 Å². The molecule has 4 N–H and O–H groups in total. The van der Waals surface area contributed by atoms with Gasteiger partial charge in [0.05, 0.1) is 16.9 Å². The van der Waals surface area contributed by atoms with E-state index >= 15 is 0 Å². The Kier molecular flexibility index (Phi) is 6.40. The number of rotatable bonds is 6. The van der Waals surface area contributed by atoms with E-state index in [1.165, 1.54) is 0 Å². The number of aromatic nitrogens is 3. The van der Waals surface area contributed by atoms with Gasteiger partial charge in [-0.1, -0.05) is 24.3 Å². The molecule has 1 fully saturated rings. The van der Waals surface area contributed by atoms with Crippen molar-refractivity contribution in [2.45, 2.75) is 25.8 Å². The summed E-state index contributed by atoms with van der Waals surface area (Å²) in [5.41, 5.74) is 2.82. The lowest BCUT2D eigenvalue weighted by Gasteiger charge is -2.23. The van der Waals surface area contributed by atoms with E-state index in [0.29, 0.717) is 29.0 Å². The molecule has 1 saturated heterocycles. The van der Waals surface area contributed by atoms with Gasteiger partial charge in [-0.15, -0.1) is 0 Å². The van der Waals surface area contributed by atoms with Gasteiger partial charge in [-0.25, -0.2) is 19.7 Å². The third kappa shape index (κ3) is 4.99. The minimum absolute atomic E-state index is 0.288. The number of carboxylic acid groups (broad SMARTS) is 1. The maximum atomic E-state index is 11.2. The second-order valence-corrected chi connectivity index (χ2v) is 8.45. The maximum Gasteiger partial charge on any atom is 0.409 e. The fourth-order valence-electron chi connectivity index (χ4n) is 4.30. The van der Waals surface area contributed by atoms with Crippen molar-refractivity contribution in [2.75, 3.05) is 23.7 Å². The number of amides is 1. The van der Waals surface area contributed by atoms with Crippen LogP contribution in [0.25, 0.3) is 22.0 Å². The van der Waals surface area contributed by atoms with Crippen LogP contribution in [-0.4, -0.2) is 45.3 Å². The van der Waals surface area contributed by atoms with Crippen LogP contribution in [0.15, 0.2) is 60.9 Å². The van der Waals surface area contributed by atoms with Crippen LogP contribution in [0, 0.1) is 6.92 Å². The highest BCUT2D eigenvalue weighted by Gasteiger charge is 2.17. The van der Waals surface area contributed by atoms with Crippen LogP contribution in [0.3, 0.4) is 0 Å². The molecular formula is C26H26N6O3. The summed E-state index contributed by atoms with van der Waals surface area (Å²) in [7, 11) is 0. The normalized spacial score (nSPS) is 15.5. The summed E-state index contributed by atoms with van der Waals surface area (Å²) in [6.45, 7) is 3.87. The second-order valence-electron chi connectivity index (χ2n) is 8.45. The van der Waals surface area contributed by atoms with Crippen LogP contribution < -0.4 is 20.7 Å². The predicted octanol–water partition coefficient (Wildman–Crippen LogP) is 5.05. The number of fused-ring (bicyclic) bond motifs is 1. The van der Waals surface area contributed by atoms with Gasteiger partial charge in [0.1, 0.15) is 5.75 Å². The molecule has 9 nitrogen and oxygen atoms in total. The summed E-state index contributed by atoms with van der Waals surface area (Å²) in [6, 6.07) is 15.1. The monoisotopic (exact) mass is 470 g/mol. The SMILES string of the molecule is Cc1ccc2c(NC(=O)O)cccc2c1Oc1ncccc1-c1ccnc(NC2CCCNC2)n1. The Balaban J connectivity index is 1.49. The smallest absolute Gasteiger partial charge is 0.409 e. The molecule has 1 aliphatic heterocycles. The molecule has 9 heteroatoms. The number of nitrogens with zero attached hydrogens (tertiary/aromatic N) is 3. The molecule has 1 atom stereocenters. The third-order valence-electron chi connectivity index (χ3n) is 5.98. The van der Waals surface area contributed by atoms with Crippen molar-refractivity contribution in [3.63, 3.8) is 0 Å². The first-order valence-corrected chi connectivity index (χ1v) is 11.5. The van der Waals surface area contributed by atoms with Crippen LogP contribution in [0.5, 0.6) is 11.6 Å². The molecule has 2 aromatic heterocycles. The number of aryl methyl sites for hydroxylation is 1. The molecule has 2 aromatic carbocycles. The third-order valence-corrected chi connectivity index (χ3v) is 5.98. The van der Waals surface area contributed by atoms with E-state index in [-0.39, 0.29) is 6.04 Å². The average molecular weight is 471 g/mol. The Morgan fingerprint density at radius 2 is 2.00 bits per heavy atom. The van der Waals surface area contributed by atoms with Gasteiger partial charge in [0.15, 0.2) is 0 Å². The van der Waals surface area contributed by atoms with Gasteiger partial charge in [0.2, 0.25) is 11.8 Å². The number of piperidine rings is 1. The summed E-state index contributed by atoms with van der Waals surface area (Å²) in [6.07, 6.45) is 4.47. The second kappa shape index (κ2) is 9.94. The number of carbonyl (C=O) groups is 1. The van der Waals surface area contributed by atoms with Crippen LogP contribution >= 0.6 is 0 Å². The number of hydrogen-bond donors (Lipinski definition) is 4. The lowest BCUT2D eigenvalue weighted by atomic mass is 10.0. The standard InChI is InChI=1S/C26H26N6O3/c1-16-9-10-18-19(6-2-8-21(18)32-26(33)34)23(16)35-24-20(7-4-13-28-24)22-11-14-29-25(31-22)30-17-5-3-12-27-15-17/h2,4,6-11,13-14,17,27,32H,3,5,12,15H2,1H3,(H,33,34)(H,29,30,31). The largest absolute Gasteiger partial charge is 0.465 e. The van der Waals surface area contributed by atoms with E-state index in [0.717, 1.165) is 47.8 Å². The van der Waals surface area contributed by atoms with E-state index < -0.39 is 6.09 Å². The van der Waals surface area contributed by atoms with Crippen LogP contribution in [0.1, 0.15) is 18.4 Å². The zero-order valence-corrected chi connectivity index (χ0v) is 19.3. The van der Waals surface area contributed by atoms with Gasteiger partial charge in [0, 0.05) is 35.8 Å². The zero-order chi connectivity index (χ0) is 24.2. The number of anilines is 2. The maximum absolute atomic E-state index is 11.2. The molecule has 1 amide bonds. The quantitative estimate of drug-likeness (QED) is 0.309. The Morgan fingerprint density at radius 1 is 1.09 bits per heavy atom. The average Bonchev–Trinajstić information content (AvgIpc) is 2.87. The molecule has 1 unspecified atom stereocenters. The molecule has 1 aliphatic rings. The summed E-state index contributed by atoms with van der Waals surface area (Å²) in [4.78, 5) is 24.8. The molecule has 3 heterocycles. The molecule has 178 valence electrons. The molecule has 4 aromatic rings. The molecule has 0 bridgehead atoms. The number of nitrogens with one attached hydrogen (secondary N) is 3. The lowest BCUT2D eigenvalue weighted by Crippen LogP contribution is -2.38. The summed E-state index contributed by atoms with van der Waals surface area (Å²) >= 11 is 0. The highest BCUT2D eigenvalue weighted by atomic mass is 16.5. The topological polar surface area (TPSA) is 121 Å². The molecule has 35 heavy (non-hydrogen) atoms. The van der Waals surface area contributed by atoms with Gasteiger partial charge >= 0.3 is 6.09 Å². The molecule has 0 aliphatic carbocycles. The van der Waals surface area contributed by atoms with Crippen molar-refractivity contribution in [1.82, 2.24) is 20.3 Å². The zero-order valence-electron chi connectivity index (χ0n) is 19.3. The van der Waals surface area contributed by atoms with E-state index in [1.807, 2.05) is 43.3 Å². The van der Waals surface area contributed by atoms with Crippen molar-refractivity contribution < 1.29 is 14.6 Å². The lowest BCUT2D eigenvalue weighted by molar-refractivity contribution is 0.210. The van der Waals surface area contributed by atoms with Gasteiger partial charge in [-0.3, -0.25) is 5.32 Å². The Bertz CT molecular complexity index is 1370. The fraction of sp³-hybridized carbons (Fsp3) is 0.231. The summed E-state index contributed by atoms with van der Waals surface area (Å²) in [5.74, 6) is 1.58. The fourth-order valence-corrected chi connectivity index (χ4v) is 4.30. The first kappa shape index (κ1) is 22.5. The highest BCUT2D eigenvalue weighted by Crippen LogP contribution is 2.38. The van der Waals surface area contributed by atoms with Crippen molar-refractivity contribution in [1.29, 1.82) is 0 Å². The molecule has 0 radical (unpaired) electrons. The first-order valence-electron chi connectivity index (χ1n) is 11.5. The summed E-state index contributed by atoms with van der Waals surface area (Å²) in [5, 5.41) is 20.0. The predicted molar refractivity (Wildman–Crippen MR) is 135 cm³/mol. The molecular weight excluding hydrogens is 444 g/mol. The van der Waals surface area contributed by atoms with Crippen LogP contribution in [-0.2, 0) is 0 Å². The highest BCUT2D eigenvalue weighted by molar-refractivity contribution is 6.02. The number of ether oxygens (including phenoxy) is 1. The first-order chi connectivity index (χ1) is 17.1. The summed E-state index contributed by atoms with van der Waals surface area (Å²) < 4.78 is 6.38. The van der Waals surface area contributed by atoms with Gasteiger partial charge < -0.3 is 20.5 Å². The molecule has 0 saturated carbocycles. The minimum Gasteiger partial charge on any atom is -0.465 e. The Hall–Kier alpha value is -4.24. The number of benzene rings is 2. The van der Waals surface area contributed by atoms with Crippen molar-refractivity contribution in [2.24, 2.45) is 0 Å². The van der Waals surface area contributed by atoms with Gasteiger partial charge in [-0.05, 0) is 56.1 Å². The molecule has 0 spiro atoms. The van der Waals surface area contributed by atoms with E-state index in [1.54, 1.807) is 24.5 Å². The van der Waals surface area contributed by atoms with E-state index in [4.69, 9.17) is 9.72 Å². The number of pyridine rings is 1. The van der Waals surface area contributed by atoms with Crippen molar-refractivity contribution in [3.8, 4) is 22.9 Å². The van der Waals surface area contributed by atoms with E-state index in [9.17, 15) is 9.90 Å². The Morgan fingerprint density at radius 3 is 2.83 bits per heavy atom. The Labute approximate surface area is 202 Å². The molecule has 5 rings (SSSR count). The van der Waals surface area contributed by atoms with E-state index in [2.05, 4.69) is 25.9 Å². The van der Waals surface area contributed by atoms with Crippen LogP contribution in [0.4, 0.5) is 16.4 Å².